The molecule has 0 atom stereocenters. The monoisotopic (exact) mass is 475 g/mol. The number of rotatable bonds is 6. The first-order chi connectivity index (χ1) is 17.7. The maximum atomic E-state index is 6.09. The minimum absolute atomic E-state index is 0.520. The highest BCUT2D eigenvalue weighted by Crippen LogP contribution is 2.36. The van der Waals surface area contributed by atoms with Gasteiger partial charge in [0.1, 0.15) is 18.2 Å². The van der Waals surface area contributed by atoms with Gasteiger partial charge in [-0.15, -0.1) is 0 Å². The molecule has 1 aliphatic rings. The lowest BCUT2D eigenvalue weighted by Crippen LogP contribution is -2.20. The van der Waals surface area contributed by atoms with Gasteiger partial charge in [-0.2, -0.15) is 9.97 Å². The first-order valence-corrected chi connectivity index (χ1v) is 12.2. The van der Waals surface area contributed by atoms with E-state index in [-0.39, 0.29) is 0 Å². The van der Waals surface area contributed by atoms with Gasteiger partial charge in [-0.25, -0.2) is 0 Å². The van der Waals surface area contributed by atoms with Gasteiger partial charge >= 0.3 is 0 Å². The Labute approximate surface area is 210 Å². The van der Waals surface area contributed by atoms with Crippen molar-refractivity contribution < 1.29 is 9.47 Å². The first-order valence-electron chi connectivity index (χ1n) is 12.2. The molecule has 3 aromatic carbocycles. The van der Waals surface area contributed by atoms with E-state index in [0.29, 0.717) is 25.0 Å². The Kier molecular flexibility index (Phi) is 5.77. The van der Waals surface area contributed by atoms with Gasteiger partial charge < -0.3 is 14.4 Å². The van der Waals surface area contributed by atoms with Gasteiger partial charge in [0.15, 0.2) is 0 Å². The first kappa shape index (κ1) is 22.2. The van der Waals surface area contributed by atoms with E-state index in [4.69, 9.17) is 19.4 Å². The zero-order valence-electron chi connectivity index (χ0n) is 20.4. The van der Waals surface area contributed by atoms with Crippen molar-refractivity contribution in [3.63, 3.8) is 0 Å². The van der Waals surface area contributed by atoms with Crippen LogP contribution in [-0.4, -0.2) is 28.2 Å². The number of hydrogen-bond acceptors (Lipinski definition) is 5. The van der Waals surface area contributed by atoms with Crippen LogP contribution in [0.2, 0.25) is 0 Å². The highest BCUT2D eigenvalue weighted by atomic mass is 16.5. The van der Waals surface area contributed by atoms with Crippen molar-refractivity contribution in [3.05, 3.63) is 102 Å². The van der Waals surface area contributed by atoms with E-state index in [9.17, 15) is 0 Å². The van der Waals surface area contributed by atoms with Crippen LogP contribution in [0.1, 0.15) is 23.2 Å². The topological polar surface area (TPSA) is 52.4 Å². The minimum Gasteiger partial charge on any atom is -0.489 e. The number of ether oxygens (including phenoxy) is 2. The highest BCUT2D eigenvalue weighted by molar-refractivity contribution is 5.82. The van der Waals surface area contributed by atoms with Crippen LogP contribution in [0.4, 0.5) is 11.5 Å². The smallest absolute Gasteiger partial charge is 0.239 e. The lowest BCUT2D eigenvalue weighted by molar-refractivity contribution is 0.275. The third-order valence-corrected chi connectivity index (χ3v) is 6.53. The van der Waals surface area contributed by atoms with Crippen molar-refractivity contribution in [2.75, 3.05) is 18.6 Å². The van der Waals surface area contributed by atoms with Crippen molar-refractivity contribution in [1.29, 1.82) is 0 Å². The lowest BCUT2D eigenvalue weighted by Gasteiger charge is -2.26. The Morgan fingerprint density at radius 3 is 2.81 bits per heavy atom. The molecule has 2 aromatic heterocycles. The van der Waals surface area contributed by atoms with Crippen LogP contribution in [0.25, 0.3) is 16.9 Å². The number of nitrogens with zero attached hydrogens (tertiary/aromatic N) is 4. The third-order valence-electron chi connectivity index (χ3n) is 6.53. The molecule has 179 valence electrons. The fourth-order valence-corrected chi connectivity index (χ4v) is 4.70. The van der Waals surface area contributed by atoms with E-state index in [1.807, 2.05) is 55.6 Å². The van der Waals surface area contributed by atoms with Crippen LogP contribution in [0.5, 0.6) is 11.6 Å². The lowest BCUT2D eigenvalue weighted by atomic mass is 10.1. The number of hydrogen-bond donors (Lipinski definition) is 0. The summed E-state index contributed by atoms with van der Waals surface area (Å²) in [6, 6.07) is 29.7. The van der Waals surface area contributed by atoms with Crippen molar-refractivity contribution in [2.24, 2.45) is 0 Å². The average molecular weight is 476 g/mol. The highest BCUT2D eigenvalue weighted by Gasteiger charge is 2.24. The van der Waals surface area contributed by atoms with Crippen molar-refractivity contribution >= 4 is 22.4 Å². The molecule has 0 unspecified atom stereocenters. The maximum absolute atomic E-state index is 6.09. The molecule has 6 nitrogen and oxygen atoms in total. The predicted octanol–water partition coefficient (Wildman–Crippen LogP) is 6.20. The molecule has 1 radical (unpaired) electrons. The quantitative estimate of drug-likeness (QED) is 0.293. The van der Waals surface area contributed by atoms with Crippen LogP contribution < -0.4 is 14.4 Å². The summed E-state index contributed by atoms with van der Waals surface area (Å²) < 4.78 is 14.2. The van der Waals surface area contributed by atoms with Crippen molar-refractivity contribution in [1.82, 2.24) is 14.5 Å². The summed E-state index contributed by atoms with van der Waals surface area (Å²) in [5.41, 5.74) is 5.22. The molecule has 0 saturated heterocycles. The summed E-state index contributed by atoms with van der Waals surface area (Å²) in [5.74, 6) is 2.91. The second kappa shape index (κ2) is 9.38. The molecule has 0 N–H and O–H groups in total. The summed E-state index contributed by atoms with van der Waals surface area (Å²) in [5, 5.41) is 1.04. The molecule has 0 fully saturated rings. The normalized spacial score (nSPS) is 12.7. The molecule has 3 heterocycles. The third kappa shape index (κ3) is 4.15. The fraction of sp³-hybridized carbons (Fsp3) is 0.200. The zero-order chi connectivity index (χ0) is 24.5. The SMILES string of the molecule is Cc1cc2[c]cccc2n1-c1nc2c(c(N(C)c3cccc(OCc4ccccc4)c3)n1)CCCO2. The molecular formula is C30H27N4O2. The van der Waals surface area contributed by atoms with Gasteiger partial charge in [0.25, 0.3) is 0 Å². The Bertz CT molecular complexity index is 1530. The zero-order valence-corrected chi connectivity index (χ0v) is 20.4. The molecule has 0 saturated carbocycles. The van der Waals surface area contributed by atoms with Crippen molar-refractivity contribution in [2.45, 2.75) is 26.4 Å². The van der Waals surface area contributed by atoms with Gasteiger partial charge in [0, 0.05) is 29.9 Å². The van der Waals surface area contributed by atoms with Crippen molar-refractivity contribution in [3.8, 4) is 17.6 Å². The second-order valence-corrected chi connectivity index (χ2v) is 9.00. The van der Waals surface area contributed by atoms with Crippen LogP contribution in [-0.2, 0) is 13.0 Å². The van der Waals surface area contributed by atoms with Gasteiger partial charge in [-0.1, -0.05) is 48.5 Å². The fourth-order valence-electron chi connectivity index (χ4n) is 4.70. The maximum Gasteiger partial charge on any atom is 0.239 e. The summed E-state index contributed by atoms with van der Waals surface area (Å²) in [6.07, 6.45) is 1.82. The molecule has 1 aliphatic heterocycles. The number of aryl methyl sites for hydroxylation is 1. The van der Waals surface area contributed by atoms with Crippen LogP contribution in [0.3, 0.4) is 0 Å². The summed E-state index contributed by atoms with van der Waals surface area (Å²) >= 11 is 0. The van der Waals surface area contributed by atoms with Gasteiger partial charge in [-0.3, -0.25) is 4.57 Å². The average Bonchev–Trinajstić information content (AvgIpc) is 3.27. The molecule has 0 spiro atoms. The minimum atomic E-state index is 0.520. The molecule has 0 bridgehead atoms. The van der Waals surface area contributed by atoms with E-state index in [0.717, 1.165) is 57.8 Å². The van der Waals surface area contributed by atoms with E-state index in [1.165, 1.54) is 0 Å². The van der Waals surface area contributed by atoms with Gasteiger partial charge in [0.05, 0.1) is 17.7 Å². The second-order valence-electron chi connectivity index (χ2n) is 9.00. The largest absolute Gasteiger partial charge is 0.489 e. The molecule has 0 aliphatic carbocycles. The predicted molar refractivity (Wildman–Crippen MR) is 142 cm³/mol. The van der Waals surface area contributed by atoms with Gasteiger partial charge in [0.2, 0.25) is 11.8 Å². The van der Waals surface area contributed by atoms with Crippen LogP contribution in [0.15, 0.2) is 78.9 Å². The van der Waals surface area contributed by atoms with E-state index < -0.39 is 0 Å². The number of benzene rings is 3. The van der Waals surface area contributed by atoms with Crippen LogP contribution >= 0.6 is 0 Å². The molecule has 36 heavy (non-hydrogen) atoms. The summed E-state index contributed by atoms with van der Waals surface area (Å²) in [4.78, 5) is 12.0. The Morgan fingerprint density at radius 1 is 1.03 bits per heavy atom. The Hall–Kier alpha value is -4.32. The van der Waals surface area contributed by atoms with Gasteiger partial charge in [-0.05, 0) is 55.7 Å². The van der Waals surface area contributed by atoms with E-state index in [2.05, 4.69) is 52.8 Å². The number of anilines is 2. The summed E-state index contributed by atoms with van der Waals surface area (Å²) in [6.45, 7) is 3.24. The van der Waals surface area contributed by atoms with Crippen LogP contribution in [0, 0.1) is 13.0 Å². The molecule has 6 rings (SSSR count). The standard InChI is InChI=1S/C30H27N4O2/c1-21-18-23-12-6-7-16-27(23)34(21)30-31-28(26-15-9-17-35-29(26)32-30)33(2)24-13-8-14-25(19-24)36-20-22-10-4-3-5-11-22/h3-8,10-11,13-14,16,18-19H,9,15,17,20H2,1-2H3. The Morgan fingerprint density at radius 2 is 1.92 bits per heavy atom. The number of fused-ring (bicyclic) bond motifs is 2. The van der Waals surface area contributed by atoms with E-state index in [1.54, 1.807) is 0 Å². The summed E-state index contributed by atoms with van der Waals surface area (Å²) in [7, 11) is 2.03. The Balaban J connectivity index is 1.38. The number of aromatic nitrogens is 3. The molecule has 5 aromatic rings. The molecule has 0 amide bonds. The molecular weight excluding hydrogens is 448 g/mol. The van der Waals surface area contributed by atoms with E-state index >= 15 is 0 Å². The molecule has 6 heteroatoms.